The van der Waals surface area contributed by atoms with Gasteiger partial charge in [-0.1, -0.05) is 40.2 Å². The molecule has 0 aliphatic carbocycles. The van der Waals surface area contributed by atoms with Gasteiger partial charge in [-0.2, -0.15) is 0 Å². The number of hydrogen-bond acceptors (Lipinski definition) is 7. The van der Waals surface area contributed by atoms with Crippen molar-refractivity contribution in [1.82, 2.24) is 15.0 Å². The topological polar surface area (TPSA) is 101 Å². The zero-order valence-electron chi connectivity index (χ0n) is 16.1. The Bertz CT molecular complexity index is 1100. The number of thioether (sulfide) groups is 1. The molecule has 0 saturated carbocycles. The number of nitrogens with zero attached hydrogens (tertiary/aromatic N) is 3. The average molecular weight is 504 g/mol. The molecule has 1 fully saturated rings. The second-order valence-corrected chi connectivity index (χ2v) is 9.12. The summed E-state index contributed by atoms with van der Waals surface area (Å²) in [5, 5.41) is 39.9. The van der Waals surface area contributed by atoms with Gasteiger partial charge in [0.1, 0.15) is 47.1 Å². The zero-order chi connectivity index (χ0) is 23.0. The van der Waals surface area contributed by atoms with Crippen LogP contribution in [0.5, 0.6) is 0 Å². The maximum Gasteiger partial charge on any atom is 0.136 e. The van der Waals surface area contributed by atoms with Gasteiger partial charge in [0.15, 0.2) is 0 Å². The molecular weight excluding hydrogens is 487 g/mol. The summed E-state index contributed by atoms with van der Waals surface area (Å²) in [6.07, 6.45) is -2.29. The maximum atomic E-state index is 13.6. The van der Waals surface area contributed by atoms with Gasteiger partial charge >= 0.3 is 0 Å². The molecule has 1 aromatic heterocycles. The molecule has 3 aromatic rings. The lowest BCUT2D eigenvalue weighted by Gasteiger charge is -2.41. The first-order valence-electron chi connectivity index (χ1n) is 9.39. The van der Waals surface area contributed by atoms with Crippen LogP contribution in [0.25, 0.3) is 11.3 Å². The molecule has 2 aromatic carbocycles. The van der Waals surface area contributed by atoms with Gasteiger partial charge in [0, 0.05) is 16.5 Å². The van der Waals surface area contributed by atoms with E-state index in [1.165, 1.54) is 10.9 Å². The Kier molecular flexibility index (Phi) is 7.01. The summed E-state index contributed by atoms with van der Waals surface area (Å²) in [4.78, 5) is 0.643. The Morgan fingerprint density at radius 3 is 2.41 bits per heavy atom. The van der Waals surface area contributed by atoms with Crippen molar-refractivity contribution in [2.45, 2.75) is 34.7 Å². The largest absolute Gasteiger partial charge is 0.394 e. The van der Waals surface area contributed by atoms with Crippen LogP contribution in [-0.2, 0) is 4.74 Å². The van der Waals surface area contributed by atoms with Gasteiger partial charge in [0.05, 0.1) is 22.8 Å². The van der Waals surface area contributed by atoms with Crippen LogP contribution in [0.15, 0.2) is 47.5 Å². The van der Waals surface area contributed by atoms with Crippen LogP contribution >= 0.6 is 35.0 Å². The fourth-order valence-corrected chi connectivity index (χ4v) is 4.88. The van der Waals surface area contributed by atoms with Gasteiger partial charge in [-0.15, -0.1) is 5.10 Å². The fourth-order valence-electron chi connectivity index (χ4n) is 3.42. The first-order valence-corrected chi connectivity index (χ1v) is 11.0. The van der Waals surface area contributed by atoms with Gasteiger partial charge < -0.3 is 20.1 Å². The molecule has 0 amide bonds. The number of aliphatic hydroxyl groups is 3. The molecule has 170 valence electrons. The van der Waals surface area contributed by atoms with Crippen LogP contribution in [0.1, 0.15) is 6.04 Å². The van der Waals surface area contributed by atoms with E-state index in [1.54, 1.807) is 18.2 Å². The summed E-state index contributed by atoms with van der Waals surface area (Å²) in [5.74, 6) is -1.56. The number of aromatic nitrogens is 3. The molecule has 0 radical (unpaired) electrons. The monoisotopic (exact) mass is 503 g/mol. The zero-order valence-corrected chi connectivity index (χ0v) is 18.5. The van der Waals surface area contributed by atoms with Crippen LogP contribution in [0.4, 0.5) is 8.78 Å². The molecule has 12 heteroatoms. The van der Waals surface area contributed by atoms with E-state index in [4.69, 9.17) is 27.9 Å². The van der Waals surface area contributed by atoms with Crippen molar-refractivity contribution in [2.75, 3.05) is 6.61 Å². The summed E-state index contributed by atoms with van der Waals surface area (Å²) in [6.45, 7) is -0.514. The smallest absolute Gasteiger partial charge is 0.136 e. The highest BCUT2D eigenvalue weighted by Crippen LogP contribution is 2.39. The first-order chi connectivity index (χ1) is 15.3. The van der Waals surface area contributed by atoms with Crippen molar-refractivity contribution >= 4 is 35.0 Å². The van der Waals surface area contributed by atoms with Crippen LogP contribution in [0, 0.1) is 11.6 Å². The van der Waals surface area contributed by atoms with Crippen molar-refractivity contribution in [1.29, 1.82) is 0 Å². The third kappa shape index (κ3) is 4.76. The molecule has 4 rings (SSSR count). The number of ether oxygens (including phenoxy) is 1. The van der Waals surface area contributed by atoms with E-state index in [9.17, 15) is 24.1 Å². The second-order valence-electron chi connectivity index (χ2n) is 7.13. The van der Waals surface area contributed by atoms with E-state index < -0.39 is 48.0 Å². The van der Waals surface area contributed by atoms with Crippen molar-refractivity contribution < 1.29 is 28.8 Å². The predicted molar refractivity (Wildman–Crippen MR) is 114 cm³/mol. The molecule has 2 unspecified atom stereocenters. The lowest BCUT2D eigenvalue weighted by Crippen LogP contribution is -2.55. The molecule has 0 bridgehead atoms. The molecule has 7 nitrogen and oxygen atoms in total. The molecule has 0 spiro atoms. The van der Waals surface area contributed by atoms with Gasteiger partial charge in [-0.3, -0.25) is 0 Å². The molecule has 5 atom stereocenters. The van der Waals surface area contributed by atoms with Gasteiger partial charge in [0.25, 0.3) is 0 Å². The number of halogens is 4. The standard InChI is InChI=1S/C20H17Cl2F2N3O4S/c21-13-2-1-12(6-14(13)22)32-20-19(30)17(18(29)16(8-28)31-20)27-7-15(25-26-27)9-3-10(23)5-11(24)4-9/h1-7,16-20,28-30H,8H2/t16?,17-,18-,19?,20+/m0/s1. The Balaban J connectivity index is 1.63. The third-order valence-corrected chi connectivity index (χ3v) is 6.85. The van der Waals surface area contributed by atoms with E-state index in [0.29, 0.717) is 14.9 Å². The molecule has 32 heavy (non-hydrogen) atoms. The predicted octanol–water partition coefficient (Wildman–Crippen LogP) is 3.30. The van der Waals surface area contributed by atoms with Crippen molar-refractivity contribution in [3.05, 3.63) is 64.3 Å². The number of aliphatic hydroxyl groups excluding tert-OH is 3. The van der Waals surface area contributed by atoms with Gasteiger partial charge in [0.2, 0.25) is 0 Å². The van der Waals surface area contributed by atoms with Crippen molar-refractivity contribution in [3.8, 4) is 11.3 Å². The normalized spacial score (nSPS) is 25.8. The minimum Gasteiger partial charge on any atom is -0.394 e. The van der Waals surface area contributed by atoms with Crippen molar-refractivity contribution in [3.63, 3.8) is 0 Å². The van der Waals surface area contributed by atoms with E-state index in [1.807, 2.05) is 0 Å². The summed E-state index contributed by atoms with van der Waals surface area (Å²) in [7, 11) is 0. The highest BCUT2D eigenvalue weighted by Gasteiger charge is 2.46. The third-order valence-electron chi connectivity index (χ3n) is 4.97. The molecule has 3 N–H and O–H groups in total. The number of benzene rings is 2. The van der Waals surface area contributed by atoms with Crippen LogP contribution in [0.3, 0.4) is 0 Å². The Hall–Kier alpha value is -1.79. The molecule has 2 heterocycles. The number of rotatable bonds is 5. The van der Waals surface area contributed by atoms with Gasteiger partial charge in [-0.25, -0.2) is 13.5 Å². The van der Waals surface area contributed by atoms with E-state index in [-0.39, 0.29) is 11.3 Å². The maximum absolute atomic E-state index is 13.6. The van der Waals surface area contributed by atoms with E-state index in [2.05, 4.69) is 10.3 Å². The van der Waals surface area contributed by atoms with E-state index in [0.717, 1.165) is 30.0 Å². The van der Waals surface area contributed by atoms with Crippen molar-refractivity contribution in [2.24, 2.45) is 0 Å². The summed E-state index contributed by atoms with van der Waals surface area (Å²) >= 11 is 13.1. The second kappa shape index (κ2) is 9.60. The summed E-state index contributed by atoms with van der Waals surface area (Å²) in [5.41, 5.74) is -0.620. The van der Waals surface area contributed by atoms with E-state index >= 15 is 0 Å². The Labute approximate surface area is 195 Å². The lowest BCUT2D eigenvalue weighted by molar-refractivity contribution is -0.178. The SMILES string of the molecule is OCC1O[C@H](Sc2ccc(Cl)c(Cl)c2)C(O)[C@@H](n2cc(-c3cc(F)cc(F)c3)nn2)[C@H]1O. The summed E-state index contributed by atoms with van der Waals surface area (Å²) < 4.78 is 34.0. The van der Waals surface area contributed by atoms with Gasteiger partial charge in [-0.05, 0) is 30.3 Å². The Morgan fingerprint density at radius 1 is 1.03 bits per heavy atom. The molecule has 1 aliphatic rings. The lowest BCUT2D eigenvalue weighted by atomic mass is 9.97. The van der Waals surface area contributed by atoms with Crippen LogP contribution < -0.4 is 0 Å². The average Bonchev–Trinajstić information content (AvgIpc) is 3.22. The number of hydrogen-bond donors (Lipinski definition) is 3. The first kappa shape index (κ1) is 23.4. The van der Waals surface area contributed by atoms with Crippen LogP contribution in [-0.4, -0.2) is 60.7 Å². The minimum absolute atomic E-state index is 0.142. The quantitative estimate of drug-likeness (QED) is 0.490. The minimum atomic E-state index is -1.33. The molecular formula is C20H17Cl2F2N3O4S. The highest BCUT2D eigenvalue weighted by atomic mass is 35.5. The highest BCUT2D eigenvalue weighted by molar-refractivity contribution is 7.99. The Morgan fingerprint density at radius 2 is 1.75 bits per heavy atom. The molecule has 1 saturated heterocycles. The van der Waals surface area contributed by atoms with Crippen LogP contribution in [0.2, 0.25) is 10.0 Å². The fraction of sp³-hybridized carbons (Fsp3) is 0.300. The summed E-state index contributed by atoms with van der Waals surface area (Å²) in [6, 6.07) is 6.75. The molecule has 1 aliphatic heterocycles.